The monoisotopic (exact) mass is 419 g/mol. The van der Waals surface area contributed by atoms with Crippen LogP contribution in [0.4, 0.5) is 14.5 Å². The maximum Gasteiger partial charge on any atom is 0.248 e. The molecule has 0 fully saturated rings. The third-order valence-corrected chi connectivity index (χ3v) is 5.98. The van der Waals surface area contributed by atoms with E-state index in [9.17, 15) is 22.0 Å². The predicted octanol–water partition coefficient (Wildman–Crippen LogP) is 4.75. The lowest BCUT2D eigenvalue weighted by molar-refractivity contribution is -0.111. The van der Waals surface area contributed by atoms with E-state index in [4.69, 9.17) is 0 Å². The average Bonchev–Trinajstić information content (AvgIpc) is 3.10. The van der Waals surface area contributed by atoms with Gasteiger partial charge in [-0.3, -0.25) is 4.79 Å². The molecule has 2 aromatic carbocycles. The second-order valence-corrected chi connectivity index (χ2v) is 9.05. The second-order valence-electron chi connectivity index (χ2n) is 5.92. The number of carbonyl (C=O) groups excluding carboxylic acids is 1. The second kappa shape index (κ2) is 8.04. The molecule has 0 saturated carbocycles. The van der Waals surface area contributed by atoms with Crippen molar-refractivity contribution in [3.05, 3.63) is 77.2 Å². The molecule has 0 radical (unpaired) electrons. The van der Waals surface area contributed by atoms with E-state index in [-0.39, 0.29) is 16.4 Å². The number of rotatable bonds is 5. The van der Waals surface area contributed by atoms with Crippen LogP contribution in [0.15, 0.2) is 65.6 Å². The third kappa shape index (κ3) is 4.71. The van der Waals surface area contributed by atoms with Crippen LogP contribution >= 0.6 is 11.3 Å². The molecule has 1 amide bonds. The van der Waals surface area contributed by atoms with Crippen LogP contribution in [0.3, 0.4) is 0 Å². The SMILES string of the molecule is CS(=O)(=O)c1ccc(F)c(NC(=O)/C=C/c2ccc(-c3ccccc3F)s2)c1. The number of amides is 1. The van der Waals surface area contributed by atoms with Crippen molar-refractivity contribution in [1.82, 2.24) is 0 Å². The van der Waals surface area contributed by atoms with Gasteiger partial charge >= 0.3 is 0 Å². The van der Waals surface area contributed by atoms with Crippen molar-refractivity contribution in [3.8, 4) is 10.4 Å². The van der Waals surface area contributed by atoms with E-state index >= 15 is 0 Å². The number of nitrogens with one attached hydrogen (secondary N) is 1. The number of thiophene rings is 1. The molecule has 4 nitrogen and oxygen atoms in total. The number of sulfone groups is 1. The zero-order chi connectivity index (χ0) is 20.3. The Morgan fingerprint density at radius 1 is 1.04 bits per heavy atom. The highest BCUT2D eigenvalue weighted by atomic mass is 32.2. The van der Waals surface area contributed by atoms with Gasteiger partial charge in [0.2, 0.25) is 5.91 Å². The molecule has 0 atom stereocenters. The first-order valence-electron chi connectivity index (χ1n) is 8.07. The lowest BCUT2D eigenvalue weighted by Crippen LogP contribution is -2.10. The Labute approximate surface area is 165 Å². The Hall–Kier alpha value is -2.84. The van der Waals surface area contributed by atoms with Gasteiger partial charge in [-0.25, -0.2) is 17.2 Å². The quantitative estimate of drug-likeness (QED) is 0.480. The number of benzene rings is 2. The lowest BCUT2D eigenvalue weighted by Gasteiger charge is -2.06. The molecule has 3 rings (SSSR count). The molecule has 0 aliphatic rings. The van der Waals surface area contributed by atoms with Gasteiger partial charge in [-0.15, -0.1) is 11.3 Å². The molecule has 0 saturated heterocycles. The highest BCUT2D eigenvalue weighted by molar-refractivity contribution is 7.90. The zero-order valence-electron chi connectivity index (χ0n) is 14.6. The van der Waals surface area contributed by atoms with Crippen LogP contribution < -0.4 is 5.32 Å². The predicted molar refractivity (Wildman–Crippen MR) is 107 cm³/mol. The molecule has 8 heteroatoms. The molecular weight excluding hydrogens is 404 g/mol. The van der Waals surface area contributed by atoms with Crippen LogP contribution in [0.2, 0.25) is 0 Å². The highest BCUT2D eigenvalue weighted by Gasteiger charge is 2.12. The molecule has 1 aromatic heterocycles. The number of hydrogen-bond acceptors (Lipinski definition) is 4. The molecule has 28 heavy (non-hydrogen) atoms. The van der Waals surface area contributed by atoms with Gasteiger partial charge in [0.25, 0.3) is 0 Å². The summed E-state index contributed by atoms with van der Waals surface area (Å²) in [5.74, 6) is -1.70. The van der Waals surface area contributed by atoms with Crippen LogP contribution in [0.25, 0.3) is 16.5 Å². The fourth-order valence-electron chi connectivity index (χ4n) is 2.41. The summed E-state index contributed by atoms with van der Waals surface area (Å²) in [5, 5.41) is 2.32. The van der Waals surface area contributed by atoms with Gasteiger partial charge in [0, 0.05) is 27.6 Å². The summed E-state index contributed by atoms with van der Waals surface area (Å²) in [4.78, 5) is 13.4. The molecule has 0 spiro atoms. The molecule has 0 aliphatic heterocycles. The Kier molecular flexibility index (Phi) is 5.71. The number of halogens is 2. The van der Waals surface area contributed by atoms with E-state index in [2.05, 4.69) is 5.32 Å². The van der Waals surface area contributed by atoms with E-state index in [1.54, 1.807) is 30.3 Å². The van der Waals surface area contributed by atoms with Crippen molar-refractivity contribution < 1.29 is 22.0 Å². The van der Waals surface area contributed by atoms with Gasteiger partial charge in [-0.05, 0) is 42.5 Å². The summed E-state index contributed by atoms with van der Waals surface area (Å²) in [5.41, 5.74) is 0.243. The van der Waals surface area contributed by atoms with Crippen LogP contribution in [0, 0.1) is 11.6 Å². The van der Waals surface area contributed by atoms with Gasteiger partial charge in [0.05, 0.1) is 10.6 Å². The fourth-order valence-corrected chi connectivity index (χ4v) is 4.00. The van der Waals surface area contributed by atoms with E-state index in [1.807, 2.05) is 0 Å². The maximum absolute atomic E-state index is 13.8. The molecule has 3 aromatic rings. The minimum atomic E-state index is -3.53. The van der Waals surface area contributed by atoms with E-state index in [0.29, 0.717) is 15.3 Å². The van der Waals surface area contributed by atoms with Crippen molar-refractivity contribution in [2.45, 2.75) is 4.90 Å². The van der Waals surface area contributed by atoms with Crippen LogP contribution in [-0.4, -0.2) is 20.6 Å². The fraction of sp³-hybridized carbons (Fsp3) is 0.0500. The average molecular weight is 419 g/mol. The van der Waals surface area contributed by atoms with Crippen LogP contribution in [0.1, 0.15) is 4.88 Å². The van der Waals surface area contributed by atoms with Crippen molar-refractivity contribution in [2.75, 3.05) is 11.6 Å². The van der Waals surface area contributed by atoms with Gasteiger partial charge in [0.1, 0.15) is 11.6 Å². The van der Waals surface area contributed by atoms with Crippen LogP contribution in [-0.2, 0) is 14.6 Å². The van der Waals surface area contributed by atoms with Gasteiger partial charge in [-0.2, -0.15) is 0 Å². The standard InChI is InChI=1S/C20H15F2NO3S2/c1-28(25,26)14-8-9-17(22)18(12-14)23-20(24)11-7-13-6-10-19(27-13)15-4-2-3-5-16(15)21/h2-12H,1H3,(H,23,24)/b11-7+. The topological polar surface area (TPSA) is 63.2 Å². The Morgan fingerprint density at radius 2 is 1.79 bits per heavy atom. The number of carbonyl (C=O) groups is 1. The van der Waals surface area contributed by atoms with Crippen molar-refractivity contribution in [2.24, 2.45) is 0 Å². The summed E-state index contributed by atoms with van der Waals surface area (Å²) >= 11 is 1.30. The molecule has 0 bridgehead atoms. The number of hydrogen-bond donors (Lipinski definition) is 1. The first kappa shape index (κ1) is 19.9. The van der Waals surface area contributed by atoms with E-state index in [1.165, 1.54) is 29.6 Å². The van der Waals surface area contributed by atoms with Gasteiger partial charge in [-0.1, -0.05) is 18.2 Å². The van der Waals surface area contributed by atoms with Crippen molar-refractivity contribution in [1.29, 1.82) is 0 Å². The zero-order valence-corrected chi connectivity index (χ0v) is 16.3. The first-order valence-corrected chi connectivity index (χ1v) is 10.8. The molecule has 1 N–H and O–H groups in total. The minimum Gasteiger partial charge on any atom is -0.320 e. The van der Waals surface area contributed by atoms with Gasteiger partial charge < -0.3 is 5.32 Å². The molecule has 1 heterocycles. The smallest absolute Gasteiger partial charge is 0.248 e. The molecule has 144 valence electrons. The minimum absolute atomic E-state index is 0.0963. The summed E-state index contributed by atoms with van der Waals surface area (Å²) in [7, 11) is -3.53. The maximum atomic E-state index is 13.8. The summed E-state index contributed by atoms with van der Waals surface area (Å²) < 4.78 is 50.8. The number of anilines is 1. The van der Waals surface area contributed by atoms with E-state index in [0.717, 1.165) is 24.5 Å². The van der Waals surface area contributed by atoms with Gasteiger partial charge in [0.15, 0.2) is 9.84 Å². The molecule has 0 unspecified atom stereocenters. The van der Waals surface area contributed by atoms with E-state index < -0.39 is 21.6 Å². The van der Waals surface area contributed by atoms with Crippen LogP contribution in [0.5, 0.6) is 0 Å². The highest BCUT2D eigenvalue weighted by Crippen LogP contribution is 2.30. The molecule has 0 aliphatic carbocycles. The third-order valence-electron chi connectivity index (χ3n) is 3.79. The van der Waals surface area contributed by atoms with Crippen molar-refractivity contribution in [3.63, 3.8) is 0 Å². The summed E-state index contributed by atoms with van der Waals surface area (Å²) in [6.07, 6.45) is 3.71. The van der Waals surface area contributed by atoms with Crippen molar-refractivity contribution >= 4 is 38.8 Å². The molecular formula is C20H15F2NO3S2. The summed E-state index contributed by atoms with van der Waals surface area (Å²) in [6, 6.07) is 13.0. The largest absolute Gasteiger partial charge is 0.320 e. The lowest BCUT2D eigenvalue weighted by atomic mass is 10.2. The Bertz CT molecular complexity index is 1170. The Morgan fingerprint density at radius 3 is 2.50 bits per heavy atom. The normalized spacial score (nSPS) is 11.7. The summed E-state index contributed by atoms with van der Waals surface area (Å²) in [6.45, 7) is 0. The first-order chi connectivity index (χ1) is 13.2. The Balaban J connectivity index is 1.74.